The molecule has 3 nitrogen and oxygen atoms in total. The topological polar surface area (TPSA) is 38.3 Å². The molecule has 1 aliphatic heterocycles. The van der Waals surface area contributed by atoms with Crippen molar-refractivity contribution in [3.05, 3.63) is 35.1 Å². The summed E-state index contributed by atoms with van der Waals surface area (Å²) in [6.45, 7) is 4.99. The van der Waals surface area contributed by atoms with Gasteiger partial charge >= 0.3 is 6.18 Å². The SMILES string of the molecule is CC(C)C(=O)[C@H](CNC1CCOCC1)c1ccc(C(F)(F)F)c(F)c1. The molecule has 1 aliphatic rings. The lowest BCUT2D eigenvalue weighted by Crippen LogP contribution is -2.39. The largest absolute Gasteiger partial charge is 0.419 e. The second kappa shape index (κ2) is 8.27. The van der Waals surface area contributed by atoms with E-state index in [0.29, 0.717) is 19.3 Å². The molecule has 1 aromatic rings. The average molecular weight is 361 g/mol. The summed E-state index contributed by atoms with van der Waals surface area (Å²) in [5.74, 6) is -2.46. The molecular weight excluding hydrogens is 338 g/mol. The fraction of sp³-hybridized carbons (Fsp3) is 0.611. The van der Waals surface area contributed by atoms with Crippen LogP contribution in [0.4, 0.5) is 17.6 Å². The third-order valence-corrected chi connectivity index (χ3v) is 4.45. The Morgan fingerprint density at radius 3 is 2.44 bits per heavy atom. The molecule has 25 heavy (non-hydrogen) atoms. The Morgan fingerprint density at radius 2 is 1.92 bits per heavy atom. The number of hydrogen-bond acceptors (Lipinski definition) is 3. The maximum atomic E-state index is 13.9. The Bertz CT molecular complexity index is 595. The lowest BCUT2D eigenvalue weighted by molar-refractivity contribution is -0.140. The van der Waals surface area contributed by atoms with Gasteiger partial charge in [0.05, 0.1) is 11.5 Å². The van der Waals surface area contributed by atoms with Crippen molar-refractivity contribution < 1.29 is 27.1 Å². The molecule has 2 rings (SSSR count). The van der Waals surface area contributed by atoms with E-state index >= 15 is 0 Å². The van der Waals surface area contributed by atoms with Crippen molar-refractivity contribution in [2.75, 3.05) is 19.8 Å². The minimum absolute atomic E-state index is 0.126. The fourth-order valence-electron chi connectivity index (χ4n) is 2.95. The van der Waals surface area contributed by atoms with Gasteiger partial charge in [-0.3, -0.25) is 4.79 Å². The summed E-state index contributed by atoms with van der Waals surface area (Å²) in [5.41, 5.74) is -1.05. The van der Waals surface area contributed by atoms with Gasteiger partial charge in [0.15, 0.2) is 0 Å². The molecule has 1 aromatic carbocycles. The Hall–Kier alpha value is -1.47. The van der Waals surface area contributed by atoms with Crippen molar-refractivity contribution in [1.82, 2.24) is 5.32 Å². The predicted molar refractivity (Wildman–Crippen MR) is 85.8 cm³/mol. The molecule has 1 saturated heterocycles. The van der Waals surface area contributed by atoms with Gasteiger partial charge in [0, 0.05) is 31.7 Å². The number of rotatable bonds is 6. The monoisotopic (exact) mass is 361 g/mol. The standard InChI is InChI=1S/C18H23F4NO2/c1-11(2)17(24)14(10-23-13-5-7-25-8-6-13)12-3-4-15(16(19)9-12)18(20,21)22/h3-4,9,11,13-14,23H,5-8,10H2,1-2H3/t14-/m1/s1. The molecule has 0 aromatic heterocycles. The number of benzene rings is 1. The van der Waals surface area contributed by atoms with Gasteiger partial charge in [-0.1, -0.05) is 19.9 Å². The van der Waals surface area contributed by atoms with E-state index in [0.717, 1.165) is 18.9 Å². The number of ether oxygens (including phenoxy) is 1. The summed E-state index contributed by atoms with van der Waals surface area (Å²) in [4.78, 5) is 12.5. The van der Waals surface area contributed by atoms with Gasteiger partial charge < -0.3 is 10.1 Å². The molecule has 0 radical (unpaired) electrons. The molecule has 0 amide bonds. The number of carbonyl (C=O) groups is 1. The van der Waals surface area contributed by atoms with Gasteiger partial charge in [0.1, 0.15) is 11.6 Å². The maximum Gasteiger partial charge on any atom is 0.419 e. The van der Waals surface area contributed by atoms with E-state index in [2.05, 4.69) is 5.32 Å². The van der Waals surface area contributed by atoms with Gasteiger partial charge in [0.2, 0.25) is 0 Å². The third-order valence-electron chi connectivity index (χ3n) is 4.45. The van der Waals surface area contributed by atoms with Crippen LogP contribution in [0.2, 0.25) is 0 Å². The number of Topliss-reactive ketones (excluding diaryl/α,β-unsaturated/α-hetero) is 1. The predicted octanol–water partition coefficient (Wildman–Crippen LogP) is 3.92. The van der Waals surface area contributed by atoms with Gasteiger partial charge in [-0.25, -0.2) is 4.39 Å². The molecule has 0 saturated carbocycles. The molecule has 0 bridgehead atoms. The van der Waals surface area contributed by atoms with Crippen LogP contribution in [0.3, 0.4) is 0 Å². The van der Waals surface area contributed by atoms with Crippen LogP contribution < -0.4 is 5.32 Å². The van der Waals surface area contributed by atoms with E-state index in [4.69, 9.17) is 4.74 Å². The Morgan fingerprint density at radius 1 is 1.28 bits per heavy atom. The van der Waals surface area contributed by atoms with Crippen molar-refractivity contribution in [3.63, 3.8) is 0 Å². The quantitative estimate of drug-likeness (QED) is 0.781. The highest BCUT2D eigenvalue weighted by molar-refractivity contribution is 5.87. The summed E-state index contributed by atoms with van der Waals surface area (Å²) >= 11 is 0. The first-order valence-electron chi connectivity index (χ1n) is 8.41. The zero-order valence-electron chi connectivity index (χ0n) is 14.3. The molecule has 1 atom stereocenters. The molecular formula is C18H23F4NO2. The lowest BCUT2D eigenvalue weighted by atomic mass is 9.87. The van der Waals surface area contributed by atoms with E-state index in [-0.39, 0.29) is 29.9 Å². The Balaban J connectivity index is 2.20. The summed E-state index contributed by atoms with van der Waals surface area (Å²) in [6, 6.07) is 2.93. The molecule has 1 heterocycles. The third kappa shape index (κ3) is 5.25. The van der Waals surface area contributed by atoms with E-state index in [1.165, 1.54) is 6.07 Å². The fourth-order valence-corrected chi connectivity index (χ4v) is 2.95. The lowest BCUT2D eigenvalue weighted by Gasteiger charge is -2.26. The van der Waals surface area contributed by atoms with Crippen LogP contribution in [0.5, 0.6) is 0 Å². The average Bonchev–Trinajstić information content (AvgIpc) is 2.54. The number of carbonyl (C=O) groups excluding carboxylic acids is 1. The smallest absolute Gasteiger partial charge is 0.381 e. The van der Waals surface area contributed by atoms with Crippen LogP contribution in [0.15, 0.2) is 18.2 Å². The van der Waals surface area contributed by atoms with Gasteiger partial charge in [-0.15, -0.1) is 0 Å². The van der Waals surface area contributed by atoms with Gasteiger partial charge in [-0.2, -0.15) is 13.2 Å². The van der Waals surface area contributed by atoms with Gasteiger partial charge in [0.25, 0.3) is 0 Å². The summed E-state index contributed by atoms with van der Waals surface area (Å²) in [5, 5.41) is 3.27. The molecule has 1 N–H and O–H groups in total. The van der Waals surface area contributed by atoms with Crippen LogP contribution in [-0.2, 0) is 15.7 Å². The highest BCUT2D eigenvalue weighted by Gasteiger charge is 2.35. The molecule has 0 unspecified atom stereocenters. The van der Waals surface area contributed by atoms with Crippen molar-refractivity contribution >= 4 is 5.78 Å². The Kier molecular flexibility index (Phi) is 6.57. The Labute approximate surface area is 144 Å². The minimum Gasteiger partial charge on any atom is -0.381 e. The molecule has 0 aliphatic carbocycles. The summed E-state index contributed by atoms with van der Waals surface area (Å²) in [6.07, 6.45) is -3.13. The second-order valence-electron chi connectivity index (χ2n) is 6.64. The first-order chi connectivity index (χ1) is 11.7. The molecule has 1 fully saturated rings. The minimum atomic E-state index is -4.75. The molecule has 140 valence electrons. The van der Waals surface area contributed by atoms with Gasteiger partial charge in [-0.05, 0) is 30.5 Å². The number of nitrogens with one attached hydrogen (secondary N) is 1. The zero-order valence-corrected chi connectivity index (χ0v) is 14.3. The number of hydrogen-bond donors (Lipinski definition) is 1. The van der Waals surface area contributed by atoms with E-state index < -0.39 is 23.5 Å². The number of halogens is 4. The number of alkyl halides is 3. The van der Waals surface area contributed by atoms with Crippen molar-refractivity contribution in [1.29, 1.82) is 0 Å². The zero-order chi connectivity index (χ0) is 18.6. The van der Waals surface area contributed by atoms with E-state index in [1.807, 2.05) is 0 Å². The second-order valence-corrected chi connectivity index (χ2v) is 6.64. The van der Waals surface area contributed by atoms with Crippen molar-refractivity contribution in [3.8, 4) is 0 Å². The van der Waals surface area contributed by atoms with Crippen LogP contribution in [0, 0.1) is 11.7 Å². The molecule has 7 heteroatoms. The highest BCUT2D eigenvalue weighted by atomic mass is 19.4. The number of ketones is 1. The van der Waals surface area contributed by atoms with E-state index in [9.17, 15) is 22.4 Å². The van der Waals surface area contributed by atoms with Crippen molar-refractivity contribution in [2.45, 2.75) is 44.8 Å². The highest BCUT2D eigenvalue weighted by Crippen LogP contribution is 2.33. The first kappa shape index (κ1) is 19.8. The van der Waals surface area contributed by atoms with Crippen LogP contribution >= 0.6 is 0 Å². The first-order valence-corrected chi connectivity index (χ1v) is 8.41. The van der Waals surface area contributed by atoms with Crippen LogP contribution in [0.1, 0.15) is 43.7 Å². The van der Waals surface area contributed by atoms with E-state index in [1.54, 1.807) is 13.8 Å². The van der Waals surface area contributed by atoms with Crippen molar-refractivity contribution in [2.24, 2.45) is 5.92 Å². The molecule has 0 spiro atoms. The van der Waals surface area contributed by atoms with Crippen LogP contribution in [0.25, 0.3) is 0 Å². The normalized spacial score (nSPS) is 17.7. The summed E-state index contributed by atoms with van der Waals surface area (Å²) in [7, 11) is 0. The maximum absolute atomic E-state index is 13.9. The summed E-state index contributed by atoms with van der Waals surface area (Å²) < 4.78 is 57.4. The van der Waals surface area contributed by atoms with Crippen LogP contribution in [-0.4, -0.2) is 31.6 Å².